The van der Waals surface area contributed by atoms with Crippen molar-refractivity contribution in [2.75, 3.05) is 14.1 Å². The number of amides is 1. The molecule has 10 heteroatoms. The van der Waals surface area contributed by atoms with Gasteiger partial charge in [0.2, 0.25) is 5.91 Å². The summed E-state index contributed by atoms with van der Waals surface area (Å²) < 4.78 is 65.3. The van der Waals surface area contributed by atoms with Gasteiger partial charge in [0, 0.05) is 12.1 Å². The maximum absolute atomic E-state index is 13.8. The maximum atomic E-state index is 13.8. The van der Waals surface area contributed by atoms with Crippen LogP contribution >= 0.6 is 0 Å². The van der Waals surface area contributed by atoms with Gasteiger partial charge in [-0.1, -0.05) is 64.1 Å². The second-order valence-electron chi connectivity index (χ2n) is 10.8. The molecule has 4 rings (SSSR count). The van der Waals surface area contributed by atoms with Crippen LogP contribution in [0.4, 0.5) is 8.78 Å². The molecule has 3 aromatic rings. The first-order valence-electron chi connectivity index (χ1n) is 13.0. The molecule has 0 fully saturated rings. The Morgan fingerprint density at radius 1 is 0.950 bits per heavy atom. The van der Waals surface area contributed by atoms with Crippen molar-refractivity contribution in [3.05, 3.63) is 76.9 Å². The first kappa shape index (κ1) is 29.5. The summed E-state index contributed by atoms with van der Waals surface area (Å²) in [5.74, 6) is -0.855. The Morgan fingerprint density at radius 2 is 1.55 bits per heavy atom. The van der Waals surface area contributed by atoms with Gasteiger partial charge in [0.05, 0.1) is 11.3 Å². The first-order chi connectivity index (χ1) is 18.7. The van der Waals surface area contributed by atoms with Crippen molar-refractivity contribution in [1.82, 2.24) is 9.62 Å². The molecule has 0 atom stereocenters. The van der Waals surface area contributed by atoms with E-state index in [1.165, 1.54) is 18.2 Å². The van der Waals surface area contributed by atoms with Crippen molar-refractivity contribution in [2.45, 2.75) is 63.7 Å². The van der Waals surface area contributed by atoms with Crippen molar-refractivity contribution < 1.29 is 31.5 Å². The number of sulfonamides is 1. The summed E-state index contributed by atoms with van der Waals surface area (Å²) in [7, 11) is -0.239. The highest BCUT2D eigenvalue weighted by Crippen LogP contribution is 2.48. The minimum Gasteiger partial charge on any atom is -0.395 e. The van der Waals surface area contributed by atoms with E-state index in [0.29, 0.717) is 23.2 Å². The van der Waals surface area contributed by atoms with E-state index < -0.39 is 22.2 Å². The normalized spacial score (nSPS) is 14.3. The number of nitrogens with zero attached hydrogens (tertiary/aromatic N) is 1. The number of carbonyl (C=O) groups excluding carboxylic acids is 1. The Morgan fingerprint density at radius 3 is 2.10 bits per heavy atom. The van der Waals surface area contributed by atoms with E-state index in [9.17, 15) is 22.0 Å². The van der Waals surface area contributed by atoms with Gasteiger partial charge in [0.25, 0.3) is 10.0 Å². The average molecular weight is 573 g/mol. The van der Waals surface area contributed by atoms with Gasteiger partial charge >= 0.3 is 6.29 Å². The predicted molar refractivity (Wildman–Crippen MR) is 149 cm³/mol. The number of nitrogens with one attached hydrogen (secondary N) is 1. The SMILES string of the molecule is CC(C)c1cc(-c2cccc3c2OC(F)(F)O3)cc(C(C)C)c1CC(=O)NS(=O)(=O)c1ccc(CN(C)C)cc1. The molecule has 1 aliphatic heterocycles. The molecule has 0 bridgehead atoms. The Bertz CT molecular complexity index is 1490. The number of hydrogen-bond donors (Lipinski definition) is 1. The van der Waals surface area contributed by atoms with Gasteiger partial charge in [0.15, 0.2) is 11.5 Å². The van der Waals surface area contributed by atoms with Gasteiger partial charge in [-0.2, -0.15) is 0 Å². The third-order valence-corrected chi connectivity index (χ3v) is 8.01. The number of hydrogen-bond acceptors (Lipinski definition) is 6. The lowest BCUT2D eigenvalue weighted by Crippen LogP contribution is -2.32. The second-order valence-corrected chi connectivity index (χ2v) is 12.5. The number of rotatable bonds is 9. The summed E-state index contributed by atoms with van der Waals surface area (Å²) in [6.07, 6.45) is -3.92. The van der Waals surface area contributed by atoms with E-state index in [1.54, 1.807) is 24.3 Å². The molecule has 1 N–H and O–H groups in total. The van der Waals surface area contributed by atoms with Gasteiger partial charge in [-0.05, 0) is 71.9 Å². The summed E-state index contributed by atoms with van der Waals surface area (Å²) in [4.78, 5) is 15.1. The average Bonchev–Trinajstić information content (AvgIpc) is 3.17. The first-order valence-corrected chi connectivity index (χ1v) is 14.5. The minimum absolute atomic E-state index is 0.00354. The van der Waals surface area contributed by atoms with Crippen LogP contribution in [-0.4, -0.2) is 39.6 Å². The summed E-state index contributed by atoms with van der Waals surface area (Å²) in [5.41, 5.74) is 4.35. The highest BCUT2D eigenvalue weighted by molar-refractivity contribution is 7.90. The fraction of sp³-hybridized carbons (Fsp3) is 0.367. The smallest absolute Gasteiger partial charge is 0.395 e. The van der Waals surface area contributed by atoms with Gasteiger partial charge in [-0.3, -0.25) is 4.79 Å². The van der Waals surface area contributed by atoms with Crippen molar-refractivity contribution >= 4 is 15.9 Å². The van der Waals surface area contributed by atoms with Crippen LogP contribution < -0.4 is 14.2 Å². The molecule has 3 aromatic carbocycles. The van der Waals surface area contributed by atoms with E-state index in [-0.39, 0.29) is 34.7 Å². The molecular formula is C30H34F2N2O5S. The standard InChI is InChI=1S/C30H34F2N2O5S/c1-18(2)24-14-21(23-8-7-9-27-29(23)39-30(31,32)38-27)15-25(19(3)4)26(24)16-28(35)33-40(36,37)22-12-10-20(11-13-22)17-34(5)6/h7-15,18-19H,16-17H2,1-6H3,(H,33,35). The molecule has 7 nitrogen and oxygen atoms in total. The van der Waals surface area contributed by atoms with E-state index in [4.69, 9.17) is 4.74 Å². The molecule has 1 heterocycles. The quantitative estimate of drug-likeness (QED) is 0.337. The van der Waals surface area contributed by atoms with Crippen molar-refractivity contribution in [2.24, 2.45) is 0 Å². The molecule has 40 heavy (non-hydrogen) atoms. The lowest BCUT2D eigenvalue weighted by atomic mass is 9.84. The van der Waals surface area contributed by atoms with Gasteiger partial charge in [-0.25, -0.2) is 13.1 Å². The zero-order valence-corrected chi connectivity index (χ0v) is 24.2. The topological polar surface area (TPSA) is 84.9 Å². The maximum Gasteiger partial charge on any atom is 0.586 e. The van der Waals surface area contributed by atoms with Crippen LogP contribution in [-0.2, 0) is 27.8 Å². The molecule has 0 aromatic heterocycles. The number of para-hydroxylation sites is 1. The number of ether oxygens (including phenoxy) is 2. The van der Waals surface area contributed by atoms with Crippen LogP contribution in [0.5, 0.6) is 11.5 Å². The minimum atomic E-state index is -4.07. The Kier molecular flexibility index (Phi) is 8.23. The third-order valence-electron chi connectivity index (χ3n) is 6.62. The molecule has 1 amide bonds. The van der Waals surface area contributed by atoms with E-state index >= 15 is 0 Å². The molecule has 0 saturated carbocycles. The van der Waals surface area contributed by atoms with Crippen LogP contribution in [0.25, 0.3) is 11.1 Å². The number of alkyl halides is 2. The molecule has 214 valence electrons. The summed E-state index contributed by atoms with van der Waals surface area (Å²) in [5, 5.41) is 0. The largest absolute Gasteiger partial charge is 0.586 e. The van der Waals surface area contributed by atoms with Crippen molar-refractivity contribution in [3.63, 3.8) is 0 Å². The summed E-state index contributed by atoms with van der Waals surface area (Å²) in [6.45, 7) is 8.49. The fourth-order valence-electron chi connectivity index (χ4n) is 4.85. The number of halogens is 2. The van der Waals surface area contributed by atoms with Gasteiger partial charge in [0.1, 0.15) is 0 Å². The van der Waals surface area contributed by atoms with Crippen LogP contribution in [0, 0.1) is 0 Å². The van der Waals surface area contributed by atoms with Crippen LogP contribution in [0.15, 0.2) is 59.5 Å². The predicted octanol–water partition coefficient (Wildman–Crippen LogP) is 6.03. The molecule has 1 aliphatic rings. The summed E-state index contributed by atoms with van der Waals surface area (Å²) >= 11 is 0. The van der Waals surface area contributed by atoms with Crippen LogP contribution in [0.3, 0.4) is 0 Å². The van der Waals surface area contributed by atoms with Gasteiger partial charge < -0.3 is 14.4 Å². The third kappa shape index (κ3) is 6.45. The monoisotopic (exact) mass is 572 g/mol. The van der Waals surface area contributed by atoms with E-state index in [2.05, 4.69) is 9.46 Å². The fourth-order valence-corrected chi connectivity index (χ4v) is 5.83. The lowest BCUT2D eigenvalue weighted by molar-refractivity contribution is -0.286. The van der Waals surface area contributed by atoms with Crippen LogP contribution in [0.1, 0.15) is 61.8 Å². The number of benzene rings is 3. The molecule has 0 unspecified atom stereocenters. The van der Waals surface area contributed by atoms with Crippen molar-refractivity contribution in [3.8, 4) is 22.6 Å². The second kappa shape index (κ2) is 11.2. The molecule has 0 aliphatic carbocycles. The molecule has 0 spiro atoms. The van der Waals surface area contributed by atoms with Crippen molar-refractivity contribution in [1.29, 1.82) is 0 Å². The molecule has 0 radical (unpaired) electrons. The van der Waals surface area contributed by atoms with E-state index in [0.717, 1.165) is 16.7 Å². The Balaban J connectivity index is 1.66. The lowest BCUT2D eigenvalue weighted by Gasteiger charge is -2.22. The van der Waals surface area contributed by atoms with Gasteiger partial charge in [-0.15, -0.1) is 8.78 Å². The Labute approximate surface area is 234 Å². The zero-order valence-electron chi connectivity index (χ0n) is 23.4. The molecular weight excluding hydrogens is 538 g/mol. The highest BCUT2D eigenvalue weighted by Gasteiger charge is 2.44. The van der Waals surface area contributed by atoms with E-state index in [1.807, 2.05) is 58.8 Å². The number of carbonyl (C=O) groups is 1. The Hall–Kier alpha value is -3.50. The summed E-state index contributed by atoms with van der Waals surface area (Å²) in [6, 6.07) is 14.8. The molecule has 0 saturated heterocycles. The highest BCUT2D eigenvalue weighted by atomic mass is 32.2. The zero-order chi connectivity index (χ0) is 29.4. The number of fused-ring (bicyclic) bond motifs is 1. The van der Waals surface area contributed by atoms with Crippen LogP contribution in [0.2, 0.25) is 0 Å².